The number of nitrogens with zero attached hydrogens (tertiary/aromatic N) is 3. The summed E-state index contributed by atoms with van der Waals surface area (Å²) in [7, 11) is 0. The quantitative estimate of drug-likeness (QED) is 0.944. The molecule has 1 atom stereocenters. The maximum absolute atomic E-state index is 12.2. The molecule has 2 amide bonds. The van der Waals surface area contributed by atoms with E-state index in [1.54, 1.807) is 6.20 Å². The summed E-state index contributed by atoms with van der Waals surface area (Å²) in [5.41, 5.74) is 2.32. The summed E-state index contributed by atoms with van der Waals surface area (Å²) in [6.45, 7) is 5.29. The van der Waals surface area contributed by atoms with Gasteiger partial charge in [0.05, 0.1) is 6.54 Å². The molecule has 1 aliphatic heterocycles. The van der Waals surface area contributed by atoms with Crippen molar-refractivity contribution in [2.75, 3.05) is 13.1 Å². The Morgan fingerprint density at radius 2 is 2.09 bits per heavy atom. The molecule has 0 spiro atoms. The van der Waals surface area contributed by atoms with Crippen LogP contribution in [0.2, 0.25) is 0 Å². The van der Waals surface area contributed by atoms with E-state index in [1.165, 1.54) is 12.0 Å². The minimum atomic E-state index is 0.0529. The molecule has 0 bridgehead atoms. The first kappa shape index (κ1) is 15.6. The molecule has 1 unspecified atom stereocenters. The van der Waals surface area contributed by atoms with E-state index in [4.69, 9.17) is 0 Å². The van der Waals surface area contributed by atoms with Gasteiger partial charge in [-0.1, -0.05) is 31.2 Å². The number of hydrogen-bond acceptors (Lipinski definition) is 2. The number of amides is 2. The Labute approximate surface area is 137 Å². The second-order valence-electron chi connectivity index (χ2n) is 6.37. The highest BCUT2D eigenvalue weighted by Gasteiger charge is 2.20. The third-order valence-corrected chi connectivity index (χ3v) is 4.31. The molecule has 1 aliphatic rings. The SMILES string of the molecule is CC1CCCN(C(=O)NCc2ccc(Cn3cccn3)cc2)C1. The number of urea groups is 1. The molecule has 23 heavy (non-hydrogen) atoms. The number of nitrogens with one attached hydrogen (secondary N) is 1. The molecule has 1 fully saturated rings. The average Bonchev–Trinajstić information content (AvgIpc) is 3.07. The Morgan fingerprint density at radius 1 is 1.30 bits per heavy atom. The van der Waals surface area contributed by atoms with Crippen LogP contribution in [-0.2, 0) is 13.1 Å². The number of benzene rings is 1. The fraction of sp³-hybridized carbons (Fsp3) is 0.444. The number of carbonyl (C=O) groups is 1. The molecule has 3 rings (SSSR count). The summed E-state index contributed by atoms with van der Waals surface area (Å²) in [6.07, 6.45) is 6.07. The van der Waals surface area contributed by atoms with Crippen molar-refractivity contribution in [3.05, 3.63) is 53.9 Å². The van der Waals surface area contributed by atoms with E-state index in [0.29, 0.717) is 12.5 Å². The van der Waals surface area contributed by atoms with Gasteiger partial charge in [-0.2, -0.15) is 5.10 Å². The van der Waals surface area contributed by atoms with Crippen LogP contribution in [0.4, 0.5) is 4.79 Å². The highest BCUT2D eigenvalue weighted by atomic mass is 16.2. The predicted molar refractivity (Wildman–Crippen MR) is 90.0 cm³/mol. The van der Waals surface area contributed by atoms with Crippen molar-refractivity contribution in [2.45, 2.75) is 32.9 Å². The van der Waals surface area contributed by atoms with Gasteiger partial charge < -0.3 is 10.2 Å². The first-order valence-electron chi connectivity index (χ1n) is 8.29. The van der Waals surface area contributed by atoms with Crippen LogP contribution in [0.3, 0.4) is 0 Å². The first-order chi connectivity index (χ1) is 11.2. The molecule has 0 aliphatic carbocycles. The molecule has 122 valence electrons. The van der Waals surface area contributed by atoms with Crippen LogP contribution in [0.5, 0.6) is 0 Å². The molecule has 1 aromatic heterocycles. The highest BCUT2D eigenvalue weighted by Crippen LogP contribution is 2.15. The van der Waals surface area contributed by atoms with E-state index in [-0.39, 0.29) is 6.03 Å². The van der Waals surface area contributed by atoms with Crippen molar-refractivity contribution >= 4 is 6.03 Å². The van der Waals surface area contributed by atoms with Gasteiger partial charge in [0.25, 0.3) is 0 Å². The largest absolute Gasteiger partial charge is 0.334 e. The second-order valence-corrected chi connectivity index (χ2v) is 6.37. The fourth-order valence-corrected chi connectivity index (χ4v) is 3.01. The topological polar surface area (TPSA) is 50.2 Å². The van der Waals surface area contributed by atoms with Crippen molar-refractivity contribution in [3.8, 4) is 0 Å². The third-order valence-electron chi connectivity index (χ3n) is 4.31. The molecule has 5 nitrogen and oxygen atoms in total. The normalized spacial score (nSPS) is 18.0. The summed E-state index contributed by atoms with van der Waals surface area (Å²) in [5, 5.41) is 7.23. The lowest BCUT2D eigenvalue weighted by Crippen LogP contribution is -2.44. The summed E-state index contributed by atoms with van der Waals surface area (Å²) in [5.74, 6) is 0.607. The zero-order chi connectivity index (χ0) is 16.1. The van der Waals surface area contributed by atoms with Crippen molar-refractivity contribution in [1.82, 2.24) is 20.0 Å². The van der Waals surface area contributed by atoms with Gasteiger partial charge in [0, 0.05) is 32.0 Å². The Balaban J connectivity index is 1.49. The Morgan fingerprint density at radius 3 is 2.78 bits per heavy atom. The van der Waals surface area contributed by atoms with Gasteiger partial charge in [-0.3, -0.25) is 4.68 Å². The van der Waals surface area contributed by atoms with E-state index >= 15 is 0 Å². The Bertz CT molecular complexity index is 621. The van der Waals surface area contributed by atoms with Crippen LogP contribution in [0, 0.1) is 5.92 Å². The number of aromatic nitrogens is 2. The van der Waals surface area contributed by atoms with E-state index in [0.717, 1.165) is 31.6 Å². The first-order valence-corrected chi connectivity index (χ1v) is 8.29. The Hall–Kier alpha value is -2.30. The lowest BCUT2D eigenvalue weighted by Gasteiger charge is -2.30. The van der Waals surface area contributed by atoms with Gasteiger partial charge in [-0.25, -0.2) is 4.79 Å². The van der Waals surface area contributed by atoms with Gasteiger partial charge in [0.2, 0.25) is 0 Å². The van der Waals surface area contributed by atoms with E-state index in [1.807, 2.05) is 21.8 Å². The van der Waals surface area contributed by atoms with Crippen LogP contribution < -0.4 is 5.32 Å². The van der Waals surface area contributed by atoms with Gasteiger partial charge in [0.1, 0.15) is 0 Å². The van der Waals surface area contributed by atoms with E-state index < -0.39 is 0 Å². The zero-order valence-electron chi connectivity index (χ0n) is 13.6. The maximum Gasteiger partial charge on any atom is 0.317 e. The van der Waals surface area contributed by atoms with Crippen molar-refractivity contribution < 1.29 is 4.79 Å². The minimum absolute atomic E-state index is 0.0529. The monoisotopic (exact) mass is 312 g/mol. The molecule has 1 saturated heterocycles. The molecule has 5 heteroatoms. The molecule has 0 radical (unpaired) electrons. The molecule has 1 aromatic carbocycles. The smallest absolute Gasteiger partial charge is 0.317 e. The van der Waals surface area contributed by atoms with E-state index in [2.05, 4.69) is 41.6 Å². The molecular weight excluding hydrogens is 288 g/mol. The summed E-state index contributed by atoms with van der Waals surface area (Å²) in [6, 6.07) is 10.3. The summed E-state index contributed by atoms with van der Waals surface area (Å²) in [4.78, 5) is 14.1. The minimum Gasteiger partial charge on any atom is -0.334 e. The fourth-order valence-electron chi connectivity index (χ4n) is 3.01. The standard InChI is InChI=1S/C18H24N4O/c1-15-4-2-10-21(13-15)18(23)19-12-16-5-7-17(8-6-16)14-22-11-3-9-20-22/h3,5-9,11,15H,2,4,10,12-14H2,1H3,(H,19,23). The zero-order valence-corrected chi connectivity index (χ0v) is 13.6. The van der Waals surface area contributed by atoms with Crippen LogP contribution >= 0.6 is 0 Å². The predicted octanol–water partition coefficient (Wildman–Crippen LogP) is 2.87. The van der Waals surface area contributed by atoms with E-state index in [9.17, 15) is 4.79 Å². The molecular formula is C18H24N4O. The summed E-state index contributed by atoms with van der Waals surface area (Å²) < 4.78 is 1.90. The van der Waals surface area contributed by atoms with Gasteiger partial charge in [-0.05, 0) is 36.0 Å². The second kappa shape index (κ2) is 7.31. The molecule has 0 saturated carbocycles. The van der Waals surface area contributed by atoms with Crippen LogP contribution in [0.1, 0.15) is 30.9 Å². The summed E-state index contributed by atoms with van der Waals surface area (Å²) >= 11 is 0. The molecule has 2 aromatic rings. The lowest BCUT2D eigenvalue weighted by atomic mass is 10.0. The number of rotatable bonds is 4. The van der Waals surface area contributed by atoms with Gasteiger partial charge in [0.15, 0.2) is 0 Å². The van der Waals surface area contributed by atoms with Gasteiger partial charge >= 0.3 is 6.03 Å². The third kappa shape index (κ3) is 4.34. The number of hydrogen-bond donors (Lipinski definition) is 1. The van der Waals surface area contributed by atoms with Crippen molar-refractivity contribution in [3.63, 3.8) is 0 Å². The van der Waals surface area contributed by atoms with Crippen LogP contribution in [0.25, 0.3) is 0 Å². The number of piperidine rings is 1. The van der Waals surface area contributed by atoms with Crippen molar-refractivity contribution in [1.29, 1.82) is 0 Å². The average molecular weight is 312 g/mol. The highest BCUT2D eigenvalue weighted by molar-refractivity contribution is 5.74. The Kier molecular flexibility index (Phi) is 4.95. The maximum atomic E-state index is 12.2. The molecule has 1 N–H and O–H groups in total. The number of likely N-dealkylation sites (tertiary alicyclic amines) is 1. The van der Waals surface area contributed by atoms with Crippen LogP contribution in [-0.4, -0.2) is 33.8 Å². The molecule has 2 heterocycles. The van der Waals surface area contributed by atoms with Crippen LogP contribution in [0.15, 0.2) is 42.7 Å². The number of carbonyl (C=O) groups excluding carboxylic acids is 1. The van der Waals surface area contributed by atoms with Crippen molar-refractivity contribution in [2.24, 2.45) is 5.92 Å². The van der Waals surface area contributed by atoms with Gasteiger partial charge in [-0.15, -0.1) is 0 Å². The lowest BCUT2D eigenvalue weighted by molar-refractivity contribution is 0.169.